The number of benzene rings is 1. The van der Waals surface area contributed by atoms with E-state index in [9.17, 15) is 4.79 Å². The molecule has 0 spiro atoms. The fraction of sp³-hybridized carbons (Fsp3) is 0.542. The third-order valence-electron chi connectivity index (χ3n) is 4.91. The fourth-order valence-electron chi connectivity index (χ4n) is 3.34. The zero-order valence-corrected chi connectivity index (χ0v) is 19.3. The summed E-state index contributed by atoms with van der Waals surface area (Å²) < 4.78 is 5.49. The van der Waals surface area contributed by atoms with E-state index in [1.807, 2.05) is 52.0 Å². The highest BCUT2D eigenvalue weighted by Gasteiger charge is 2.35. The van der Waals surface area contributed by atoms with Crippen LogP contribution in [0.2, 0.25) is 0 Å². The van der Waals surface area contributed by atoms with Crippen LogP contribution in [0.4, 0.5) is 0 Å². The van der Waals surface area contributed by atoms with Crippen molar-refractivity contribution in [3.63, 3.8) is 0 Å². The summed E-state index contributed by atoms with van der Waals surface area (Å²) in [6.07, 6.45) is 13.2. The van der Waals surface area contributed by atoms with E-state index >= 15 is 0 Å². The highest BCUT2D eigenvalue weighted by atomic mass is 16.5. The van der Waals surface area contributed by atoms with Gasteiger partial charge in [-0.15, -0.1) is 12.8 Å². The van der Waals surface area contributed by atoms with Crippen molar-refractivity contribution in [1.82, 2.24) is 4.90 Å². The summed E-state index contributed by atoms with van der Waals surface area (Å²) in [6, 6.07) is 8.13. The standard InChI is InChI=1S/C10H17N3O.C10H12N2O.C2H6.C2H2/c1-10(2)5-8(14)13(9(11)12-10)6-7-3-4-7;11-7-12-9-5-6-13-10-4-2-1-3-8(9)10;2*1-2/h7H,3-6H2,1-2H3,(H2,11,12);1-4,7,9H,5-6H2,(H2,11,12);1-2H3;1-2H/t;9-;;/m.0../s1. The molecule has 1 atom stereocenters. The van der Waals surface area contributed by atoms with E-state index in [0.29, 0.717) is 18.3 Å². The summed E-state index contributed by atoms with van der Waals surface area (Å²) in [6.45, 7) is 9.36. The Bertz CT molecular complexity index is 781. The van der Waals surface area contributed by atoms with E-state index in [-0.39, 0.29) is 17.5 Å². The molecule has 7 nitrogen and oxygen atoms in total. The lowest BCUT2D eigenvalue weighted by molar-refractivity contribution is -0.129. The number of guanidine groups is 1. The number of amides is 1. The van der Waals surface area contributed by atoms with Crippen molar-refractivity contribution in [2.75, 3.05) is 13.2 Å². The Hall–Kier alpha value is -3.01. The predicted molar refractivity (Wildman–Crippen MR) is 128 cm³/mol. The first kappa shape index (κ1) is 26.0. The molecule has 0 radical (unpaired) electrons. The zero-order valence-electron chi connectivity index (χ0n) is 19.3. The Morgan fingerprint density at radius 1 is 1.26 bits per heavy atom. The average molecular weight is 428 g/mol. The molecular weight excluding hydrogens is 390 g/mol. The lowest BCUT2D eigenvalue weighted by Gasteiger charge is -2.32. The van der Waals surface area contributed by atoms with Crippen molar-refractivity contribution in [2.24, 2.45) is 27.4 Å². The van der Waals surface area contributed by atoms with Gasteiger partial charge < -0.3 is 16.2 Å². The van der Waals surface area contributed by atoms with Gasteiger partial charge in [-0.25, -0.2) is 4.99 Å². The number of para-hydroxylation sites is 1. The first-order valence-corrected chi connectivity index (χ1v) is 10.8. The molecule has 0 saturated heterocycles. The lowest BCUT2D eigenvalue weighted by Crippen LogP contribution is -2.50. The Kier molecular flexibility index (Phi) is 10.6. The number of fused-ring (bicyclic) bond motifs is 1. The molecule has 0 bridgehead atoms. The second kappa shape index (κ2) is 12.6. The minimum atomic E-state index is -0.318. The average Bonchev–Trinajstić information content (AvgIpc) is 3.58. The van der Waals surface area contributed by atoms with Crippen LogP contribution in [0.5, 0.6) is 5.75 Å². The van der Waals surface area contributed by atoms with Gasteiger partial charge in [0.2, 0.25) is 5.91 Å². The Morgan fingerprint density at radius 3 is 2.48 bits per heavy atom. The third-order valence-corrected chi connectivity index (χ3v) is 4.91. The molecular formula is C24H37N5O2. The van der Waals surface area contributed by atoms with Crippen LogP contribution in [0.3, 0.4) is 0 Å². The van der Waals surface area contributed by atoms with Gasteiger partial charge in [0.05, 0.1) is 30.9 Å². The number of carbonyl (C=O) groups is 1. The summed E-state index contributed by atoms with van der Waals surface area (Å²) in [7, 11) is 0. The topological polar surface area (TPSA) is 106 Å². The molecule has 2 heterocycles. The SMILES string of the molecule is C#C.CC.CC1(C)CC(=O)N(CC2CC2)C(N)=N1.NC=N[C@H]1CCOc2ccccc21. The zero-order chi connectivity index (χ0) is 23.4. The number of hydrogen-bond acceptors (Lipinski definition) is 5. The number of terminal acetylenes is 1. The number of nitrogens with zero attached hydrogens (tertiary/aromatic N) is 3. The van der Waals surface area contributed by atoms with Crippen LogP contribution in [0.25, 0.3) is 0 Å². The van der Waals surface area contributed by atoms with Gasteiger partial charge in [0.1, 0.15) is 5.75 Å². The molecule has 1 aromatic rings. The number of nitrogens with two attached hydrogens (primary N) is 2. The molecule has 1 aromatic carbocycles. The van der Waals surface area contributed by atoms with E-state index in [1.165, 1.54) is 19.2 Å². The van der Waals surface area contributed by atoms with E-state index in [0.717, 1.165) is 30.9 Å². The molecule has 1 saturated carbocycles. The minimum absolute atomic E-state index is 0.120. The minimum Gasteiger partial charge on any atom is -0.493 e. The van der Waals surface area contributed by atoms with Gasteiger partial charge in [0.25, 0.3) is 0 Å². The normalized spacial score (nSPS) is 21.0. The van der Waals surface area contributed by atoms with Crippen molar-refractivity contribution in [3.8, 4) is 18.6 Å². The van der Waals surface area contributed by atoms with Gasteiger partial charge in [-0.05, 0) is 38.7 Å². The molecule has 4 N–H and O–H groups in total. The first-order chi connectivity index (χ1) is 14.9. The molecule has 31 heavy (non-hydrogen) atoms. The van der Waals surface area contributed by atoms with Crippen molar-refractivity contribution in [1.29, 1.82) is 0 Å². The smallest absolute Gasteiger partial charge is 0.231 e. The molecule has 1 fully saturated rings. The molecule has 4 rings (SSSR count). The predicted octanol–water partition coefficient (Wildman–Crippen LogP) is 3.49. The van der Waals surface area contributed by atoms with Crippen LogP contribution in [0.15, 0.2) is 34.3 Å². The van der Waals surface area contributed by atoms with Crippen molar-refractivity contribution in [3.05, 3.63) is 29.8 Å². The summed E-state index contributed by atoms with van der Waals surface area (Å²) in [5, 5.41) is 0. The maximum Gasteiger partial charge on any atom is 0.231 e. The fourth-order valence-corrected chi connectivity index (χ4v) is 3.34. The van der Waals surface area contributed by atoms with Crippen LogP contribution in [0, 0.1) is 18.8 Å². The van der Waals surface area contributed by atoms with E-state index in [2.05, 4.69) is 22.8 Å². The van der Waals surface area contributed by atoms with Crippen LogP contribution in [-0.2, 0) is 4.79 Å². The third kappa shape index (κ3) is 7.97. The Balaban J connectivity index is 0.000000268. The number of ether oxygens (including phenoxy) is 1. The molecule has 1 aliphatic carbocycles. The highest BCUT2D eigenvalue weighted by molar-refractivity contribution is 5.99. The highest BCUT2D eigenvalue weighted by Crippen LogP contribution is 2.33. The van der Waals surface area contributed by atoms with E-state index in [1.54, 1.807) is 4.90 Å². The molecule has 3 aliphatic rings. The molecule has 7 heteroatoms. The van der Waals surface area contributed by atoms with Gasteiger partial charge in [-0.3, -0.25) is 14.7 Å². The van der Waals surface area contributed by atoms with Gasteiger partial charge in [0.15, 0.2) is 5.96 Å². The van der Waals surface area contributed by atoms with Crippen LogP contribution in [-0.4, -0.2) is 41.8 Å². The largest absolute Gasteiger partial charge is 0.493 e. The number of carbonyl (C=O) groups excluding carboxylic acids is 1. The van der Waals surface area contributed by atoms with Gasteiger partial charge >= 0.3 is 0 Å². The quantitative estimate of drug-likeness (QED) is 0.437. The van der Waals surface area contributed by atoms with Crippen LogP contribution in [0.1, 0.15) is 65.0 Å². The molecule has 2 aliphatic heterocycles. The summed E-state index contributed by atoms with van der Waals surface area (Å²) in [4.78, 5) is 21.9. The van der Waals surface area contributed by atoms with Crippen molar-refractivity contribution in [2.45, 2.75) is 65.0 Å². The maximum atomic E-state index is 11.7. The van der Waals surface area contributed by atoms with Gasteiger partial charge in [-0.1, -0.05) is 32.0 Å². The monoisotopic (exact) mass is 427 g/mol. The maximum absolute atomic E-state index is 11.7. The lowest BCUT2D eigenvalue weighted by atomic mass is 9.99. The van der Waals surface area contributed by atoms with Crippen LogP contribution >= 0.6 is 0 Å². The number of aliphatic imine (C=N–C) groups is 2. The molecule has 170 valence electrons. The molecule has 0 unspecified atom stereocenters. The Labute approximate surface area is 187 Å². The molecule has 0 aromatic heterocycles. The van der Waals surface area contributed by atoms with E-state index < -0.39 is 0 Å². The van der Waals surface area contributed by atoms with E-state index in [4.69, 9.17) is 16.2 Å². The van der Waals surface area contributed by atoms with Gasteiger partial charge in [0, 0.05) is 18.5 Å². The summed E-state index contributed by atoms with van der Waals surface area (Å²) in [5.41, 5.74) is 11.9. The molecule has 1 amide bonds. The summed E-state index contributed by atoms with van der Waals surface area (Å²) >= 11 is 0. The van der Waals surface area contributed by atoms with Crippen molar-refractivity contribution < 1.29 is 9.53 Å². The number of rotatable bonds is 3. The second-order valence-electron chi connectivity index (χ2n) is 7.90. The second-order valence-corrected chi connectivity index (χ2v) is 7.90. The Morgan fingerprint density at radius 2 is 1.90 bits per heavy atom. The van der Waals surface area contributed by atoms with Gasteiger partial charge in [-0.2, -0.15) is 0 Å². The number of hydrogen-bond donors (Lipinski definition) is 2. The van der Waals surface area contributed by atoms with Crippen molar-refractivity contribution >= 4 is 18.2 Å². The van der Waals surface area contributed by atoms with Crippen LogP contribution < -0.4 is 16.2 Å². The first-order valence-electron chi connectivity index (χ1n) is 10.8. The summed E-state index contributed by atoms with van der Waals surface area (Å²) in [5.74, 6) is 2.12.